The highest BCUT2D eigenvalue weighted by Crippen LogP contribution is 2.12. The summed E-state index contributed by atoms with van der Waals surface area (Å²) < 4.78 is 30.0. The van der Waals surface area contributed by atoms with Crippen molar-refractivity contribution in [2.45, 2.75) is 31.9 Å². The Morgan fingerprint density at radius 1 is 1.27 bits per heavy atom. The Labute approximate surface area is 97.4 Å². The zero-order valence-electron chi connectivity index (χ0n) is 9.55. The van der Waals surface area contributed by atoms with Gasteiger partial charge in [-0.05, 0) is 27.2 Å². The Hall–Kier alpha value is 0.160. The Morgan fingerprint density at radius 2 is 1.87 bits per heavy atom. The van der Waals surface area contributed by atoms with Crippen molar-refractivity contribution in [1.82, 2.24) is 4.72 Å². The molecule has 0 aromatic heterocycles. The summed E-state index contributed by atoms with van der Waals surface area (Å²) in [6.07, 6.45) is 0.659. The fourth-order valence-electron chi connectivity index (χ4n) is 0.754. The lowest BCUT2D eigenvalue weighted by Crippen LogP contribution is -2.39. The predicted molar refractivity (Wildman–Crippen MR) is 62.8 cm³/mol. The van der Waals surface area contributed by atoms with Crippen LogP contribution < -0.4 is 4.72 Å². The molecular formula is C9H20ClNO3S. The maximum Gasteiger partial charge on any atom is 0.216 e. The van der Waals surface area contributed by atoms with Gasteiger partial charge in [0, 0.05) is 19.0 Å². The number of nitrogens with one attached hydrogen (secondary N) is 1. The van der Waals surface area contributed by atoms with Gasteiger partial charge in [-0.3, -0.25) is 0 Å². The first-order chi connectivity index (χ1) is 6.81. The van der Waals surface area contributed by atoms with Crippen molar-refractivity contribution < 1.29 is 13.2 Å². The standard InChI is InChI=1S/C9H20ClNO3S/c1-9(2,3)15(12,13)11-6-4-7-14-8-5-10/h11H,4-8H2,1-3H3. The van der Waals surface area contributed by atoms with Gasteiger partial charge in [-0.1, -0.05) is 0 Å². The molecule has 15 heavy (non-hydrogen) atoms. The highest BCUT2D eigenvalue weighted by Gasteiger charge is 2.27. The summed E-state index contributed by atoms with van der Waals surface area (Å²) >= 11 is 5.41. The molecule has 0 aliphatic rings. The third kappa shape index (κ3) is 6.35. The van der Waals surface area contributed by atoms with Gasteiger partial charge in [0.05, 0.1) is 11.4 Å². The van der Waals surface area contributed by atoms with E-state index in [4.69, 9.17) is 16.3 Å². The van der Waals surface area contributed by atoms with E-state index in [1.165, 1.54) is 0 Å². The third-order valence-electron chi connectivity index (χ3n) is 1.79. The van der Waals surface area contributed by atoms with Crippen LogP contribution in [-0.4, -0.2) is 38.8 Å². The number of ether oxygens (including phenoxy) is 1. The van der Waals surface area contributed by atoms with Crippen molar-refractivity contribution in [3.05, 3.63) is 0 Å². The van der Waals surface area contributed by atoms with Crippen LogP contribution in [0.2, 0.25) is 0 Å². The van der Waals surface area contributed by atoms with E-state index < -0.39 is 14.8 Å². The molecule has 0 radical (unpaired) electrons. The summed E-state index contributed by atoms with van der Waals surface area (Å²) in [6, 6.07) is 0. The molecular weight excluding hydrogens is 238 g/mol. The average Bonchev–Trinajstić information content (AvgIpc) is 2.09. The number of sulfonamides is 1. The summed E-state index contributed by atoms with van der Waals surface area (Å²) in [5.74, 6) is 0.466. The van der Waals surface area contributed by atoms with Crippen LogP contribution in [0.25, 0.3) is 0 Å². The second-order valence-corrected chi connectivity index (χ2v) is 7.06. The molecule has 0 atom stereocenters. The lowest BCUT2D eigenvalue weighted by molar-refractivity contribution is 0.147. The molecule has 0 amide bonds. The van der Waals surface area contributed by atoms with E-state index in [0.29, 0.717) is 32.1 Å². The van der Waals surface area contributed by atoms with E-state index in [-0.39, 0.29) is 0 Å². The molecule has 0 aromatic rings. The smallest absolute Gasteiger partial charge is 0.216 e. The SMILES string of the molecule is CC(C)(C)S(=O)(=O)NCCCOCCCl. The number of hydrogen-bond donors (Lipinski definition) is 1. The molecule has 6 heteroatoms. The van der Waals surface area contributed by atoms with Crippen molar-refractivity contribution in [2.24, 2.45) is 0 Å². The lowest BCUT2D eigenvalue weighted by Gasteiger charge is -2.19. The van der Waals surface area contributed by atoms with Crippen molar-refractivity contribution in [2.75, 3.05) is 25.6 Å². The maximum atomic E-state index is 11.6. The fraction of sp³-hybridized carbons (Fsp3) is 1.00. The molecule has 0 spiro atoms. The summed E-state index contributed by atoms with van der Waals surface area (Å²) in [6.45, 7) is 6.44. The molecule has 0 aromatic carbocycles. The monoisotopic (exact) mass is 257 g/mol. The van der Waals surface area contributed by atoms with Crippen LogP contribution in [-0.2, 0) is 14.8 Å². The van der Waals surface area contributed by atoms with Crippen LogP contribution >= 0.6 is 11.6 Å². The van der Waals surface area contributed by atoms with Gasteiger partial charge >= 0.3 is 0 Å². The van der Waals surface area contributed by atoms with Gasteiger partial charge in [-0.15, -0.1) is 11.6 Å². The first-order valence-electron chi connectivity index (χ1n) is 4.94. The molecule has 4 nitrogen and oxygen atoms in total. The molecule has 0 saturated heterocycles. The van der Waals surface area contributed by atoms with Gasteiger partial charge in [0.1, 0.15) is 0 Å². The molecule has 0 fully saturated rings. The van der Waals surface area contributed by atoms with Crippen molar-refractivity contribution in [1.29, 1.82) is 0 Å². The minimum atomic E-state index is -3.22. The van der Waals surface area contributed by atoms with Gasteiger partial charge in [-0.2, -0.15) is 0 Å². The lowest BCUT2D eigenvalue weighted by atomic mass is 10.3. The summed E-state index contributed by atoms with van der Waals surface area (Å²) in [5, 5.41) is 0. The number of hydrogen-bond acceptors (Lipinski definition) is 3. The van der Waals surface area contributed by atoms with Gasteiger partial charge in [0.15, 0.2) is 0 Å². The average molecular weight is 258 g/mol. The van der Waals surface area contributed by atoms with Crippen LogP contribution in [0.1, 0.15) is 27.2 Å². The second-order valence-electron chi connectivity index (χ2n) is 4.17. The highest BCUT2D eigenvalue weighted by atomic mass is 35.5. The van der Waals surface area contributed by atoms with Crippen LogP contribution in [0.4, 0.5) is 0 Å². The molecule has 0 saturated carbocycles. The molecule has 0 aliphatic carbocycles. The molecule has 0 aliphatic heterocycles. The minimum absolute atomic E-state index is 0.405. The second kappa shape index (κ2) is 6.68. The van der Waals surface area contributed by atoms with E-state index in [1.54, 1.807) is 20.8 Å². The van der Waals surface area contributed by atoms with Crippen molar-refractivity contribution in [3.8, 4) is 0 Å². The Kier molecular flexibility index (Phi) is 6.75. The molecule has 92 valence electrons. The van der Waals surface area contributed by atoms with Gasteiger partial charge in [0.2, 0.25) is 10.0 Å². The number of rotatable bonds is 7. The van der Waals surface area contributed by atoms with E-state index in [0.717, 1.165) is 0 Å². The Morgan fingerprint density at radius 3 is 2.33 bits per heavy atom. The van der Waals surface area contributed by atoms with Gasteiger partial charge in [-0.25, -0.2) is 13.1 Å². The van der Waals surface area contributed by atoms with E-state index in [1.807, 2.05) is 0 Å². The predicted octanol–water partition coefficient (Wildman–Crippen LogP) is 1.35. The van der Waals surface area contributed by atoms with Crippen LogP contribution in [0.15, 0.2) is 0 Å². The summed E-state index contributed by atoms with van der Waals surface area (Å²) in [4.78, 5) is 0. The molecule has 0 unspecified atom stereocenters. The fourth-order valence-corrected chi connectivity index (χ4v) is 1.71. The quantitative estimate of drug-likeness (QED) is 0.553. The molecule has 1 N–H and O–H groups in total. The first kappa shape index (κ1) is 15.2. The van der Waals surface area contributed by atoms with Crippen molar-refractivity contribution in [3.63, 3.8) is 0 Å². The zero-order valence-corrected chi connectivity index (χ0v) is 11.1. The van der Waals surface area contributed by atoms with Gasteiger partial charge < -0.3 is 4.74 Å². The van der Waals surface area contributed by atoms with Gasteiger partial charge in [0.25, 0.3) is 0 Å². The number of alkyl halides is 1. The number of halogens is 1. The van der Waals surface area contributed by atoms with Crippen molar-refractivity contribution >= 4 is 21.6 Å². The first-order valence-corrected chi connectivity index (χ1v) is 6.96. The molecule has 0 bridgehead atoms. The topological polar surface area (TPSA) is 55.4 Å². The maximum absolute atomic E-state index is 11.6. The molecule has 0 heterocycles. The van der Waals surface area contributed by atoms with Crippen LogP contribution in [0.5, 0.6) is 0 Å². The van der Waals surface area contributed by atoms with E-state index in [2.05, 4.69) is 4.72 Å². The summed E-state index contributed by atoms with van der Waals surface area (Å²) in [7, 11) is -3.22. The largest absolute Gasteiger partial charge is 0.380 e. The Bertz CT molecular complexity index is 259. The Balaban J connectivity index is 3.69. The molecule has 0 rings (SSSR count). The van der Waals surface area contributed by atoms with E-state index in [9.17, 15) is 8.42 Å². The van der Waals surface area contributed by atoms with Crippen LogP contribution in [0, 0.1) is 0 Å². The minimum Gasteiger partial charge on any atom is -0.380 e. The summed E-state index contributed by atoms with van der Waals surface area (Å²) in [5.41, 5.74) is 0. The zero-order chi connectivity index (χ0) is 11.9. The normalized spacial score (nSPS) is 13.1. The van der Waals surface area contributed by atoms with Crippen LogP contribution in [0.3, 0.4) is 0 Å². The third-order valence-corrected chi connectivity index (χ3v) is 4.14. The van der Waals surface area contributed by atoms with E-state index >= 15 is 0 Å². The highest BCUT2D eigenvalue weighted by molar-refractivity contribution is 7.90.